The number of benzene rings is 3. The largest absolute Gasteiger partial charge is 0.455 e. The van der Waals surface area contributed by atoms with Gasteiger partial charge >= 0.3 is 0 Å². The van der Waals surface area contributed by atoms with Crippen LogP contribution in [-0.4, -0.2) is 9.97 Å². The van der Waals surface area contributed by atoms with Crippen LogP contribution in [0, 0.1) is 13.8 Å². The molecule has 0 aliphatic heterocycles. The number of aromatic nitrogens is 2. The maximum absolute atomic E-state index is 6.55. The summed E-state index contributed by atoms with van der Waals surface area (Å²) >= 11 is 1.78. The van der Waals surface area contributed by atoms with Crippen molar-refractivity contribution in [3.63, 3.8) is 0 Å². The lowest BCUT2D eigenvalue weighted by Gasteiger charge is -2.18. The van der Waals surface area contributed by atoms with E-state index in [2.05, 4.69) is 109 Å². The molecule has 0 aliphatic carbocycles. The lowest BCUT2D eigenvalue weighted by Crippen LogP contribution is -2.09. The molecule has 186 valence electrons. The van der Waals surface area contributed by atoms with Crippen LogP contribution in [0.25, 0.3) is 54.5 Å². The van der Waals surface area contributed by atoms with Crippen LogP contribution >= 0.6 is 11.3 Å². The van der Waals surface area contributed by atoms with E-state index in [-0.39, 0.29) is 5.41 Å². The van der Waals surface area contributed by atoms with Gasteiger partial charge in [0.05, 0.1) is 20.9 Å². The van der Waals surface area contributed by atoms with Crippen LogP contribution in [0.2, 0.25) is 0 Å². The van der Waals surface area contributed by atoms with E-state index >= 15 is 0 Å². The Morgan fingerprint density at radius 2 is 1.62 bits per heavy atom. The second-order valence-electron chi connectivity index (χ2n) is 11.4. The summed E-state index contributed by atoms with van der Waals surface area (Å²) < 4.78 is 7.74. The summed E-state index contributed by atoms with van der Waals surface area (Å²) in [6.45, 7) is 15.5. The molecule has 3 aromatic carbocycles. The summed E-state index contributed by atoms with van der Waals surface area (Å²) in [5, 5.41) is 3.41. The van der Waals surface area contributed by atoms with E-state index in [1.54, 1.807) is 11.3 Å². The van der Waals surface area contributed by atoms with E-state index in [0.717, 1.165) is 43.7 Å². The molecule has 0 radical (unpaired) electrons. The predicted octanol–water partition coefficient (Wildman–Crippen LogP) is 9.96. The van der Waals surface area contributed by atoms with Crippen molar-refractivity contribution in [2.75, 3.05) is 0 Å². The monoisotopic (exact) mass is 504 g/mol. The van der Waals surface area contributed by atoms with E-state index in [0.29, 0.717) is 5.92 Å². The Kier molecular flexibility index (Phi) is 5.50. The number of furan rings is 1. The van der Waals surface area contributed by atoms with E-state index in [1.807, 2.05) is 0 Å². The summed E-state index contributed by atoms with van der Waals surface area (Å²) in [4.78, 5) is 9.92. The minimum absolute atomic E-state index is 0.00684. The van der Waals surface area contributed by atoms with Gasteiger partial charge in [0.15, 0.2) is 0 Å². The van der Waals surface area contributed by atoms with Crippen molar-refractivity contribution < 1.29 is 4.42 Å². The Balaban J connectivity index is 1.62. The summed E-state index contributed by atoms with van der Waals surface area (Å²) in [7, 11) is 0. The fourth-order valence-corrected chi connectivity index (χ4v) is 6.49. The summed E-state index contributed by atoms with van der Waals surface area (Å²) in [5.41, 5.74) is 11.1. The summed E-state index contributed by atoms with van der Waals surface area (Å²) in [6, 6.07) is 19.3. The van der Waals surface area contributed by atoms with Gasteiger partial charge in [-0.25, -0.2) is 4.98 Å². The normalized spacial score (nSPS) is 12.4. The average molecular weight is 505 g/mol. The molecule has 0 bridgehead atoms. The van der Waals surface area contributed by atoms with Crippen molar-refractivity contribution in [2.24, 2.45) is 0 Å². The Labute approximate surface area is 222 Å². The van der Waals surface area contributed by atoms with E-state index in [1.165, 1.54) is 32.5 Å². The molecule has 0 saturated carbocycles. The third-order valence-electron chi connectivity index (χ3n) is 7.24. The van der Waals surface area contributed by atoms with Gasteiger partial charge in [0, 0.05) is 27.9 Å². The van der Waals surface area contributed by atoms with Crippen LogP contribution in [0.4, 0.5) is 0 Å². The van der Waals surface area contributed by atoms with Crippen LogP contribution in [0.5, 0.6) is 0 Å². The first kappa shape index (κ1) is 23.9. The number of hydrogen-bond donors (Lipinski definition) is 0. The topological polar surface area (TPSA) is 38.9 Å². The number of aryl methyl sites for hydroxylation is 2. The quantitative estimate of drug-likeness (QED) is 0.241. The Bertz CT molecular complexity index is 1790. The molecule has 3 nitrogen and oxygen atoms in total. The predicted molar refractivity (Wildman–Crippen MR) is 158 cm³/mol. The third kappa shape index (κ3) is 3.86. The standard InChI is InChI=1S/C33H32N2OS/c1-18(2)24-17-34-26(16-23(24)28-19(3)10-8-11-20(28)4)21-12-9-13-22-29-27(36-30(21)22)15-14-25-31(29)37-32(35-25)33(5,6)7/h8-18H,1-7H3. The first-order valence-corrected chi connectivity index (χ1v) is 13.8. The van der Waals surface area contributed by atoms with E-state index < -0.39 is 0 Å². The number of pyridine rings is 1. The molecule has 0 spiro atoms. The molecule has 3 heterocycles. The third-order valence-corrected chi connectivity index (χ3v) is 8.75. The summed E-state index contributed by atoms with van der Waals surface area (Å²) in [6.07, 6.45) is 2.06. The maximum Gasteiger partial charge on any atom is 0.144 e. The number of thiazole rings is 1. The zero-order chi connectivity index (χ0) is 26.1. The molecule has 3 aromatic heterocycles. The van der Waals surface area contributed by atoms with Gasteiger partial charge < -0.3 is 4.42 Å². The summed E-state index contributed by atoms with van der Waals surface area (Å²) in [5.74, 6) is 0.370. The lowest BCUT2D eigenvalue weighted by atomic mass is 9.88. The van der Waals surface area contributed by atoms with Gasteiger partial charge in [0.25, 0.3) is 0 Å². The molecule has 0 N–H and O–H groups in total. The molecule has 6 aromatic rings. The van der Waals surface area contributed by atoms with Crippen molar-refractivity contribution >= 4 is 43.5 Å². The Hall–Kier alpha value is -3.50. The van der Waals surface area contributed by atoms with Gasteiger partial charge in [0.1, 0.15) is 11.2 Å². The second kappa shape index (κ2) is 8.53. The molecule has 6 rings (SSSR count). The van der Waals surface area contributed by atoms with Crippen LogP contribution < -0.4 is 0 Å². The maximum atomic E-state index is 6.55. The van der Waals surface area contributed by atoms with Gasteiger partial charge in [-0.3, -0.25) is 4.98 Å². The number of hydrogen-bond acceptors (Lipinski definition) is 4. The zero-order valence-electron chi connectivity index (χ0n) is 22.6. The van der Waals surface area contributed by atoms with Crippen molar-refractivity contribution in [3.8, 4) is 22.4 Å². The van der Waals surface area contributed by atoms with Crippen LogP contribution in [0.15, 0.2) is 65.2 Å². The lowest BCUT2D eigenvalue weighted by molar-refractivity contribution is 0.587. The Morgan fingerprint density at radius 1 is 0.892 bits per heavy atom. The number of nitrogens with zero attached hydrogens (tertiary/aromatic N) is 2. The molecule has 0 fully saturated rings. The van der Waals surface area contributed by atoms with Crippen molar-refractivity contribution in [3.05, 3.63) is 82.5 Å². The van der Waals surface area contributed by atoms with E-state index in [4.69, 9.17) is 14.4 Å². The van der Waals surface area contributed by atoms with E-state index in [9.17, 15) is 0 Å². The van der Waals surface area contributed by atoms with Crippen molar-refractivity contribution in [1.29, 1.82) is 0 Å². The fourth-order valence-electron chi connectivity index (χ4n) is 5.32. The molecule has 0 amide bonds. The number of para-hydroxylation sites is 1. The SMILES string of the molecule is Cc1cccc(C)c1-c1cc(-c2cccc3c2oc2ccc4nc(C(C)(C)C)sc4c23)ncc1C(C)C. The first-order valence-electron chi connectivity index (χ1n) is 13.0. The minimum atomic E-state index is 0.00684. The fraction of sp³-hybridized carbons (Fsp3) is 0.273. The average Bonchev–Trinajstić information content (AvgIpc) is 3.45. The first-order chi connectivity index (χ1) is 17.6. The minimum Gasteiger partial charge on any atom is -0.455 e. The van der Waals surface area contributed by atoms with Gasteiger partial charge in [-0.15, -0.1) is 11.3 Å². The second-order valence-corrected chi connectivity index (χ2v) is 12.4. The van der Waals surface area contributed by atoms with Crippen LogP contribution in [0.1, 0.15) is 62.2 Å². The molecule has 37 heavy (non-hydrogen) atoms. The highest BCUT2D eigenvalue weighted by Crippen LogP contribution is 2.43. The molecular weight excluding hydrogens is 472 g/mol. The number of fused-ring (bicyclic) bond motifs is 5. The molecule has 0 aliphatic rings. The molecular formula is C33H32N2OS. The van der Waals surface area contributed by atoms with Crippen molar-refractivity contribution in [1.82, 2.24) is 9.97 Å². The smallest absolute Gasteiger partial charge is 0.144 e. The molecule has 4 heteroatoms. The van der Waals surface area contributed by atoms with Crippen molar-refractivity contribution in [2.45, 2.75) is 59.8 Å². The number of rotatable bonds is 3. The van der Waals surface area contributed by atoms with Gasteiger partial charge in [0.2, 0.25) is 0 Å². The molecule has 0 atom stereocenters. The molecule has 0 saturated heterocycles. The zero-order valence-corrected chi connectivity index (χ0v) is 23.4. The Morgan fingerprint density at radius 3 is 2.32 bits per heavy atom. The van der Waals surface area contributed by atoms with Crippen LogP contribution in [0.3, 0.4) is 0 Å². The molecule has 0 unspecified atom stereocenters. The highest BCUT2D eigenvalue weighted by molar-refractivity contribution is 7.19. The highest BCUT2D eigenvalue weighted by Gasteiger charge is 2.23. The van der Waals surface area contributed by atoms with Gasteiger partial charge in [-0.05, 0) is 71.8 Å². The van der Waals surface area contributed by atoms with Crippen LogP contribution in [-0.2, 0) is 5.41 Å². The highest BCUT2D eigenvalue weighted by atomic mass is 32.1. The van der Waals surface area contributed by atoms with Gasteiger partial charge in [-0.2, -0.15) is 0 Å². The van der Waals surface area contributed by atoms with Gasteiger partial charge in [-0.1, -0.05) is 65.0 Å².